The van der Waals surface area contributed by atoms with E-state index in [0.29, 0.717) is 12.1 Å². The van der Waals surface area contributed by atoms with Crippen LogP contribution in [-0.4, -0.2) is 22.4 Å². The predicted octanol–water partition coefficient (Wildman–Crippen LogP) is 3.32. The van der Waals surface area contributed by atoms with Crippen LogP contribution < -0.4 is 5.32 Å². The van der Waals surface area contributed by atoms with Gasteiger partial charge in [0.2, 0.25) is 0 Å². The number of rotatable bonds is 7. The number of aromatic nitrogens is 2. The third-order valence-electron chi connectivity index (χ3n) is 3.94. The summed E-state index contributed by atoms with van der Waals surface area (Å²) in [6, 6.07) is 3.47. The van der Waals surface area contributed by atoms with Gasteiger partial charge in [0.1, 0.15) is 0 Å². The molecule has 1 heterocycles. The highest BCUT2D eigenvalue weighted by atomic mass is 15.3. The van der Waals surface area contributed by atoms with Gasteiger partial charge in [0.05, 0.1) is 11.7 Å². The summed E-state index contributed by atoms with van der Waals surface area (Å²) in [5.41, 5.74) is 1.26. The number of aryl methyl sites for hydroxylation is 1. The molecule has 2 rings (SSSR count). The molecule has 0 saturated heterocycles. The minimum atomic E-state index is 0.599. The maximum atomic E-state index is 4.73. The molecule has 1 aliphatic carbocycles. The van der Waals surface area contributed by atoms with Gasteiger partial charge < -0.3 is 5.32 Å². The van der Waals surface area contributed by atoms with Crippen molar-refractivity contribution >= 4 is 0 Å². The quantitative estimate of drug-likeness (QED) is 0.803. The average Bonchev–Trinajstić information content (AvgIpc) is 3.03. The molecule has 18 heavy (non-hydrogen) atoms. The molecule has 1 atom stereocenters. The van der Waals surface area contributed by atoms with E-state index in [1.54, 1.807) is 0 Å². The summed E-state index contributed by atoms with van der Waals surface area (Å²) in [5.74, 6) is 0. The molecule has 0 aliphatic heterocycles. The third-order valence-corrected chi connectivity index (χ3v) is 3.94. The fourth-order valence-corrected chi connectivity index (χ4v) is 2.74. The topological polar surface area (TPSA) is 29.9 Å². The molecule has 1 fully saturated rings. The first-order chi connectivity index (χ1) is 8.79. The molecule has 0 spiro atoms. The van der Waals surface area contributed by atoms with E-state index in [2.05, 4.69) is 36.1 Å². The van der Waals surface area contributed by atoms with E-state index in [4.69, 9.17) is 5.10 Å². The normalized spacial score (nSPS) is 18.3. The molecule has 1 aliphatic rings. The number of hydrogen-bond acceptors (Lipinski definition) is 2. The van der Waals surface area contributed by atoms with Crippen molar-refractivity contribution in [3.05, 3.63) is 18.0 Å². The van der Waals surface area contributed by atoms with Crippen LogP contribution in [0.3, 0.4) is 0 Å². The summed E-state index contributed by atoms with van der Waals surface area (Å²) in [6.45, 7) is 5.60. The van der Waals surface area contributed by atoms with Crippen molar-refractivity contribution in [3.63, 3.8) is 0 Å². The van der Waals surface area contributed by atoms with E-state index >= 15 is 0 Å². The Hall–Kier alpha value is -0.830. The van der Waals surface area contributed by atoms with Crippen molar-refractivity contribution in [1.29, 1.82) is 0 Å². The Balaban J connectivity index is 1.76. The zero-order valence-electron chi connectivity index (χ0n) is 11.9. The molecule has 1 saturated carbocycles. The van der Waals surface area contributed by atoms with E-state index in [1.807, 2.05) is 0 Å². The summed E-state index contributed by atoms with van der Waals surface area (Å²) >= 11 is 0. The fraction of sp³-hybridized carbons (Fsp3) is 0.800. The standard InChI is InChI=1S/C15H27N3/c1-3-11-16-13(2)8-9-14-10-12-18(17-14)15-6-4-5-7-15/h10,12-13,15-16H,3-9,11H2,1-2H3. The first kappa shape index (κ1) is 13.6. The highest BCUT2D eigenvalue weighted by Gasteiger charge is 2.17. The lowest BCUT2D eigenvalue weighted by atomic mass is 10.1. The molecule has 0 radical (unpaired) electrons. The highest BCUT2D eigenvalue weighted by molar-refractivity contribution is 5.00. The summed E-state index contributed by atoms with van der Waals surface area (Å²) in [5, 5.41) is 8.26. The van der Waals surface area contributed by atoms with E-state index in [1.165, 1.54) is 44.2 Å². The highest BCUT2D eigenvalue weighted by Crippen LogP contribution is 2.28. The summed E-state index contributed by atoms with van der Waals surface area (Å²) in [6.07, 6.45) is 11.0. The van der Waals surface area contributed by atoms with Crippen LogP contribution in [0.15, 0.2) is 12.3 Å². The number of nitrogens with one attached hydrogen (secondary N) is 1. The number of nitrogens with zero attached hydrogens (tertiary/aromatic N) is 2. The third kappa shape index (κ3) is 3.84. The Morgan fingerprint density at radius 3 is 2.94 bits per heavy atom. The predicted molar refractivity (Wildman–Crippen MR) is 75.8 cm³/mol. The molecule has 3 heteroatoms. The lowest BCUT2D eigenvalue weighted by molar-refractivity contribution is 0.458. The Morgan fingerprint density at radius 2 is 2.22 bits per heavy atom. The van der Waals surface area contributed by atoms with Crippen molar-refractivity contribution in [2.75, 3.05) is 6.54 Å². The van der Waals surface area contributed by atoms with Crippen LogP contribution in [0.25, 0.3) is 0 Å². The van der Waals surface area contributed by atoms with Gasteiger partial charge in [-0.1, -0.05) is 19.8 Å². The minimum Gasteiger partial charge on any atom is -0.314 e. The van der Waals surface area contributed by atoms with Crippen molar-refractivity contribution < 1.29 is 0 Å². The van der Waals surface area contributed by atoms with Gasteiger partial charge in [-0.2, -0.15) is 5.10 Å². The van der Waals surface area contributed by atoms with Crippen LogP contribution in [-0.2, 0) is 6.42 Å². The maximum absolute atomic E-state index is 4.73. The van der Waals surface area contributed by atoms with Gasteiger partial charge in [-0.15, -0.1) is 0 Å². The van der Waals surface area contributed by atoms with E-state index < -0.39 is 0 Å². The van der Waals surface area contributed by atoms with Crippen LogP contribution in [0.4, 0.5) is 0 Å². The van der Waals surface area contributed by atoms with Gasteiger partial charge in [-0.05, 0) is 51.6 Å². The first-order valence-corrected chi connectivity index (χ1v) is 7.57. The molecule has 0 amide bonds. The smallest absolute Gasteiger partial charge is 0.0625 e. The molecule has 3 nitrogen and oxygen atoms in total. The van der Waals surface area contributed by atoms with E-state index in [9.17, 15) is 0 Å². The SMILES string of the molecule is CCCNC(C)CCc1ccn(C2CCCC2)n1. The number of hydrogen-bond donors (Lipinski definition) is 1. The van der Waals surface area contributed by atoms with Gasteiger partial charge >= 0.3 is 0 Å². The fourth-order valence-electron chi connectivity index (χ4n) is 2.74. The molecule has 0 aromatic carbocycles. The summed E-state index contributed by atoms with van der Waals surface area (Å²) in [4.78, 5) is 0. The van der Waals surface area contributed by atoms with Crippen LogP contribution in [0.1, 0.15) is 64.1 Å². The molecule has 1 aromatic heterocycles. The van der Waals surface area contributed by atoms with Gasteiger partial charge in [0, 0.05) is 12.2 Å². The summed E-state index contributed by atoms with van der Waals surface area (Å²) < 4.78 is 2.20. The Labute approximate surface area is 111 Å². The molecule has 1 unspecified atom stereocenters. The second kappa shape index (κ2) is 6.93. The van der Waals surface area contributed by atoms with E-state index in [0.717, 1.165) is 13.0 Å². The lowest BCUT2D eigenvalue weighted by Gasteiger charge is -2.12. The Morgan fingerprint density at radius 1 is 1.44 bits per heavy atom. The lowest BCUT2D eigenvalue weighted by Crippen LogP contribution is -2.27. The van der Waals surface area contributed by atoms with Crippen molar-refractivity contribution in [2.45, 2.75) is 70.9 Å². The molecule has 102 valence electrons. The van der Waals surface area contributed by atoms with Crippen LogP contribution in [0.2, 0.25) is 0 Å². The monoisotopic (exact) mass is 249 g/mol. The van der Waals surface area contributed by atoms with Crippen molar-refractivity contribution in [2.24, 2.45) is 0 Å². The van der Waals surface area contributed by atoms with Crippen LogP contribution >= 0.6 is 0 Å². The summed E-state index contributed by atoms with van der Waals surface area (Å²) in [7, 11) is 0. The van der Waals surface area contributed by atoms with Crippen LogP contribution in [0.5, 0.6) is 0 Å². The average molecular weight is 249 g/mol. The molecular weight excluding hydrogens is 222 g/mol. The Kier molecular flexibility index (Phi) is 5.24. The van der Waals surface area contributed by atoms with Gasteiger partial charge in [0.25, 0.3) is 0 Å². The van der Waals surface area contributed by atoms with E-state index in [-0.39, 0.29) is 0 Å². The minimum absolute atomic E-state index is 0.599. The van der Waals surface area contributed by atoms with Crippen molar-refractivity contribution in [1.82, 2.24) is 15.1 Å². The molecule has 1 aromatic rings. The molecular formula is C15H27N3. The van der Waals surface area contributed by atoms with Gasteiger partial charge in [0.15, 0.2) is 0 Å². The molecule has 0 bridgehead atoms. The second-order valence-electron chi connectivity index (χ2n) is 5.62. The van der Waals surface area contributed by atoms with Gasteiger partial charge in [-0.25, -0.2) is 0 Å². The van der Waals surface area contributed by atoms with Gasteiger partial charge in [-0.3, -0.25) is 4.68 Å². The zero-order valence-corrected chi connectivity index (χ0v) is 11.9. The first-order valence-electron chi connectivity index (χ1n) is 7.57. The zero-order chi connectivity index (χ0) is 12.8. The molecule has 1 N–H and O–H groups in total. The second-order valence-corrected chi connectivity index (χ2v) is 5.62. The largest absolute Gasteiger partial charge is 0.314 e. The van der Waals surface area contributed by atoms with Crippen molar-refractivity contribution in [3.8, 4) is 0 Å². The Bertz CT molecular complexity index is 339. The van der Waals surface area contributed by atoms with Crippen LogP contribution in [0, 0.1) is 0 Å². The maximum Gasteiger partial charge on any atom is 0.0625 e.